The summed E-state index contributed by atoms with van der Waals surface area (Å²) >= 11 is 1.63. The molecule has 0 unspecified atom stereocenters. The van der Waals surface area contributed by atoms with Gasteiger partial charge in [-0.25, -0.2) is 9.78 Å². The van der Waals surface area contributed by atoms with Gasteiger partial charge in [0, 0.05) is 10.5 Å². The quantitative estimate of drug-likeness (QED) is 0.720. The van der Waals surface area contributed by atoms with Crippen LogP contribution < -0.4 is 0 Å². The molecule has 0 spiro atoms. The molecule has 0 aliphatic heterocycles. The van der Waals surface area contributed by atoms with Crippen molar-refractivity contribution in [3.63, 3.8) is 0 Å². The molecule has 20 heavy (non-hydrogen) atoms. The van der Waals surface area contributed by atoms with Gasteiger partial charge in [-0.2, -0.15) is 0 Å². The maximum atomic E-state index is 11.2. The topological polar surface area (TPSA) is 66.0 Å². The molecule has 0 saturated heterocycles. The van der Waals surface area contributed by atoms with E-state index in [4.69, 9.17) is 0 Å². The number of para-hydroxylation sites is 1. The molecular formula is C15H12N2O2S. The van der Waals surface area contributed by atoms with E-state index >= 15 is 0 Å². The Balaban J connectivity index is 2.23. The van der Waals surface area contributed by atoms with E-state index in [0.717, 1.165) is 16.0 Å². The number of hydrogen-bond donors (Lipinski definition) is 2. The van der Waals surface area contributed by atoms with E-state index in [9.17, 15) is 9.90 Å². The zero-order chi connectivity index (χ0) is 14.1. The first kappa shape index (κ1) is 12.7. The molecule has 5 heteroatoms. The second kappa shape index (κ2) is 5.02. The number of carbonyl (C=O) groups is 1. The highest BCUT2D eigenvalue weighted by Gasteiger charge is 2.14. The Morgan fingerprint density at radius 2 is 2.00 bits per heavy atom. The number of nitrogens with one attached hydrogen (secondary N) is 1. The van der Waals surface area contributed by atoms with Crippen LogP contribution in [-0.2, 0) is 0 Å². The molecule has 3 aromatic rings. The highest BCUT2D eigenvalue weighted by molar-refractivity contribution is 7.98. The summed E-state index contributed by atoms with van der Waals surface area (Å²) in [5, 5.41) is 9.21. The minimum Gasteiger partial charge on any atom is -0.478 e. The van der Waals surface area contributed by atoms with Crippen molar-refractivity contribution >= 4 is 28.8 Å². The lowest BCUT2D eigenvalue weighted by Crippen LogP contribution is -1.96. The summed E-state index contributed by atoms with van der Waals surface area (Å²) in [7, 11) is 0. The number of aromatic carboxylic acids is 1. The number of fused-ring (bicyclic) bond motifs is 1. The second-order valence-electron chi connectivity index (χ2n) is 4.29. The first-order valence-electron chi connectivity index (χ1n) is 6.06. The van der Waals surface area contributed by atoms with Crippen LogP contribution in [0.4, 0.5) is 0 Å². The lowest BCUT2D eigenvalue weighted by atomic mass is 10.2. The van der Waals surface area contributed by atoms with Crippen LogP contribution in [0.15, 0.2) is 47.4 Å². The summed E-state index contributed by atoms with van der Waals surface area (Å²) in [4.78, 5) is 20.0. The molecule has 100 valence electrons. The first-order valence-corrected chi connectivity index (χ1v) is 7.28. The molecule has 1 aromatic heterocycles. The number of benzene rings is 2. The number of nitrogens with zero attached hydrogens (tertiary/aromatic N) is 1. The minimum absolute atomic E-state index is 0.214. The number of aromatic nitrogens is 2. The molecule has 0 radical (unpaired) electrons. The summed E-state index contributed by atoms with van der Waals surface area (Å²) in [6, 6.07) is 13.0. The van der Waals surface area contributed by atoms with Crippen molar-refractivity contribution in [2.75, 3.05) is 6.26 Å². The SMILES string of the molecule is CSc1ccccc1-c1nc2c(C(=O)O)cccc2[nH]1. The summed E-state index contributed by atoms with van der Waals surface area (Å²) in [6.45, 7) is 0. The van der Waals surface area contributed by atoms with Gasteiger partial charge in [0.05, 0.1) is 11.1 Å². The maximum absolute atomic E-state index is 11.2. The van der Waals surface area contributed by atoms with Gasteiger partial charge in [-0.3, -0.25) is 0 Å². The molecule has 0 atom stereocenters. The Hall–Kier alpha value is -2.27. The van der Waals surface area contributed by atoms with Crippen LogP contribution >= 0.6 is 11.8 Å². The largest absolute Gasteiger partial charge is 0.478 e. The molecule has 0 amide bonds. The smallest absolute Gasteiger partial charge is 0.337 e. The lowest BCUT2D eigenvalue weighted by Gasteiger charge is -2.02. The van der Waals surface area contributed by atoms with Crippen LogP contribution in [0.2, 0.25) is 0 Å². The molecule has 0 aliphatic carbocycles. The average Bonchev–Trinajstić information content (AvgIpc) is 2.90. The Labute approximate surface area is 119 Å². The Kier molecular flexibility index (Phi) is 3.20. The third kappa shape index (κ3) is 2.06. The zero-order valence-corrected chi connectivity index (χ0v) is 11.6. The van der Waals surface area contributed by atoms with Gasteiger partial charge in [-0.15, -0.1) is 11.8 Å². The predicted octanol–water partition coefficient (Wildman–Crippen LogP) is 3.65. The van der Waals surface area contributed by atoms with Crippen molar-refractivity contribution < 1.29 is 9.90 Å². The zero-order valence-electron chi connectivity index (χ0n) is 10.8. The first-order chi connectivity index (χ1) is 9.70. The molecule has 0 fully saturated rings. The number of thioether (sulfide) groups is 1. The third-order valence-electron chi connectivity index (χ3n) is 3.11. The minimum atomic E-state index is -0.966. The fourth-order valence-corrected chi connectivity index (χ4v) is 2.77. The molecule has 0 saturated carbocycles. The number of carboxylic acid groups (broad SMARTS) is 1. The van der Waals surface area contributed by atoms with Crippen molar-refractivity contribution in [3.8, 4) is 11.4 Å². The number of aromatic amines is 1. The van der Waals surface area contributed by atoms with Gasteiger partial charge in [0.2, 0.25) is 0 Å². The summed E-state index contributed by atoms with van der Waals surface area (Å²) in [6.07, 6.45) is 2.00. The van der Waals surface area contributed by atoms with Crippen molar-refractivity contribution in [3.05, 3.63) is 48.0 Å². The number of hydrogen-bond acceptors (Lipinski definition) is 3. The van der Waals surface area contributed by atoms with Gasteiger partial charge in [-0.1, -0.05) is 24.3 Å². The molecule has 3 rings (SSSR count). The summed E-state index contributed by atoms with van der Waals surface area (Å²) < 4.78 is 0. The van der Waals surface area contributed by atoms with E-state index in [2.05, 4.69) is 9.97 Å². The van der Waals surface area contributed by atoms with E-state index < -0.39 is 5.97 Å². The Morgan fingerprint density at radius 3 is 2.75 bits per heavy atom. The highest BCUT2D eigenvalue weighted by atomic mass is 32.2. The number of rotatable bonds is 3. The fourth-order valence-electron chi connectivity index (χ4n) is 2.17. The Morgan fingerprint density at radius 1 is 1.20 bits per heavy atom. The highest BCUT2D eigenvalue weighted by Crippen LogP contribution is 2.30. The lowest BCUT2D eigenvalue weighted by molar-refractivity contribution is 0.0699. The fraction of sp³-hybridized carbons (Fsp3) is 0.0667. The van der Waals surface area contributed by atoms with Gasteiger partial charge >= 0.3 is 5.97 Å². The van der Waals surface area contributed by atoms with E-state index in [1.165, 1.54) is 0 Å². The number of carboxylic acids is 1. The van der Waals surface area contributed by atoms with E-state index in [-0.39, 0.29) is 5.56 Å². The monoisotopic (exact) mass is 284 g/mol. The van der Waals surface area contributed by atoms with Crippen molar-refractivity contribution in [2.45, 2.75) is 4.90 Å². The molecule has 1 heterocycles. The van der Waals surface area contributed by atoms with Gasteiger partial charge in [-0.05, 0) is 24.5 Å². The third-order valence-corrected chi connectivity index (χ3v) is 3.90. The van der Waals surface area contributed by atoms with E-state index in [1.807, 2.05) is 36.6 Å². The number of H-pyrrole nitrogens is 1. The van der Waals surface area contributed by atoms with Crippen molar-refractivity contribution in [1.82, 2.24) is 9.97 Å². The summed E-state index contributed by atoms with van der Waals surface area (Å²) in [5.74, 6) is -0.273. The van der Waals surface area contributed by atoms with Crippen molar-refractivity contribution in [1.29, 1.82) is 0 Å². The molecule has 2 aromatic carbocycles. The van der Waals surface area contributed by atoms with E-state index in [1.54, 1.807) is 23.9 Å². The van der Waals surface area contributed by atoms with Crippen LogP contribution in [0.5, 0.6) is 0 Å². The predicted molar refractivity (Wildman–Crippen MR) is 80.3 cm³/mol. The van der Waals surface area contributed by atoms with E-state index in [0.29, 0.717) is 11.3 Å². The molecular weight excluding hydrogens is 272 g/mol. The van der Waals surface area contributed by atoms with Crippen LogP contribution in [0, 0.1) is 0 Å². The average molecular weight is 284 g/mol. The van der Waals surface area contributed by atoms with Crippen molar-refractivity contribution in [2.24, 2.45) is 0 Å². The molecule has 2 N–H and O–H groups in total. The molecule has 4 nitrogen and oxygen atoms in total. The normalized spacial score (nSPS) is 10.8. The standard InChI is InChI=1S/C15H12N2O2S/c1-20-12-8-3-2-5-9(12)14-16-11-7-4-6-10(15(18)19)13(11)17-14/h2-8H,1H3,(H,16,17)(H,18,19). The van der Waals surface area contributed by atoms with Gasteiger partial charge in [0.15, 0.2) is 0 Å². The Bertz CT molecular complexity index is 795. The van der Waals surface area contributed by atoms with Gasteiger partial charge < -0.3 is 10.1 Å². The van der Waals surface area contributed by atoms with Crippen LogP contribution in [0.3, 0.4) is 0 Å². The van der Waals surface area contributed by atoms with Crippen LogP contribution in [-0.4, -0.2) is 27.3 Å². The number of imidazole rings is 1. The van der Waals surface area contributed by atoms with Gasteiger partial charge in [0.25, 0.3) is 0 Å². The van der Waals surface area contributed by atoms with Crippen LogP contribution in [0.1, 0.15) is 10.4 Å². The summed E-state index contributed by atoms with van der Waals surface area (Å²) in [5.41, 5.74) is 2.42. The second-order valence-corrected chi connectivity index (χ2v) is 5.14. The molecule has 0 aliphatic rings. The van der Waals surface area contributed by atoms with Gasteiger partial charge in [0.1, 0.15) is 11.3 Å². The maximum Gasteiger partial charge on any atom is 0.337 e. The van der Waals surface area contributed by atoms with Crippen LogP contribution in [0.25, 0.3) is 22.4 Å². The molecule has 0 bridgehead atoms.